The van der Waals surface area contributed by atoms with Crippen LogP contribution in [0.3, 0.4) is 0 Å². The van der Waals surface area contributed by atoms with Gasteiger partial charge in [-0.15, -0.1) is 5.10 Å². The zero-order valence-corrected chi connectivity index (χ0v) is 10.7. The van der Waals surface area contributed by atoms with Crippen molar-refractivity contribution >= 4 is 29.1 Å². The van der Waals surface area contributed by atoms with Crippen molar-refractivity contribution in [2.45, 2.75) is 6.54 Å². The molecule has 2 aromatic heterocycles. The molecule has 94 valence electrons. The summed E-state index contributed by atoms with van der Waals surface area (Å²) in [6.45, 7) is 0.975. The smallest absolute Gasteiger partial charge is 0.252 e. The summed E-state index contributed by atoms with van der Waals surface area (Å²) in [5, 5.41) is 10.6. The molecule has 2 heterocycles. The van der Waals surface area contributed by atoms with Crippen LogP contribution in [0.1, 0.15) is 10.4 Å². The molecule has 0 bridgehead atoms. The van der Waals surface area contributed by atoms with Gasteiger partial charge in [-0.1, -0.05) is 28.4 Å². The van der Waals surface area contributed by atoms with Crippen LogP contribution in [-0.2, 0) is 6.54 Å². The molecular formula is C10H9Cl2N5O. The quantitative estimate of drug-likeness (QED) is 0.862. The van der Waals surface area contributed by atoms with Gasteiger partial charge in [-0.05, 0) is 6.07 Å². The van der Waals surface area contributed by atoms with Crippen molar-refractivity contribution in [3.8, 4) is 0 Å². The molecule has 0 aromatic carbocycles. The summed E-state index contributed by atoms with van der Waals surface area (Å²) < 4.78 is 1.62. The molecule has 8 heteroatoms. The van der Waals surface area contributed by atoms with Crippen LogP contribution in [-0.4, -0.2) is 32.4 Å². The van der Waals surface area contributed by atoms with E-state index in [0.717, 1.165) is 0 Å². The first-order valence-electron chi connectivity index (χ1n) is 5.10. The minimum Gasteiger partial charge on any atom is -0.350 e. The van der Waals surface area contributed by atoms with E-state index in [1.807, 2.05) is 0 Å². The van der Waals surface area contributed by atoms with Crippen molar-refractivity contribution in [1.82, 2.24) is 25.3 Å². The summed E-state index contributed by atoms with van der Waals surface area (Å²) >= 11 is 11.4. The Morgan fingerprint density at radius 3 is 2.94 bits per heavy atom. The average Bonchev–Trinajstić information content (AvgIpc) is 2.85. The van der Waals surface area contributed by atoms with Gasteiger partial charge in [-0.2, -0.15) is 0 Å². The van der Waals surface area contributed by atoms with E-state index in [-0.39, 0.29) is 16.1 Å². The third-order valence-corrected chi connectivity index (χ3v) is 2.84. The minimum absolute atomic E-state index is 0.177. The first-order chi connectivity index (χ1) is 8.66. The van der Waals surface area contributed by atoms with Crippen molar-refractivity contribution in [3.63, 3.8) is 0 Å². The Hall–Kier alpha value is -1.66. The van der Waals surface area contributed by atoms with Gasteiger partial charge in [-0.3, -0.25) is 9.48 Å². The van der Waals surface area contributed by atoms with Crippen LogP contribution < -0.4 is 5.32 Å². The molecule has 0 aliphatic rings. The third-order valence-electron chi connectivity index (χ3n) is 2.16. The van der Waals surface area contributed by atoms with Gasteiger partial charge in [0.25, 0.3) is 5.91 Å². The second-order valence-corrected chi connectivity index (χ2v) is 4.18. The molecule has 0 spiro atoms. The van der Waals surface area contributed by atoms with Crippen LogP contribution in [0, 0.1) is 0 Å². The number of carbonyl (C=O) groups excluding carboxylic acids is 1. The highest BCUT2D eigenvalue weighted by molar-refractivity contribution is 6.41. The lowest BCUT2D eigenvalue weighted by molar-refractivity contribution is 0.0951. The number of carbonyl (C=O) groups is 1. The van der Waals surface area contributed by atoms with Crippen molar-refractivity contribution in [2.75, 3.05) is 6.54 Å². The molecule has 0 unspecified atom stereocenters. The van der Waals surface area contributed by atoms with Crippen LogP contribution in [0.15, 0.2) is 24.7 Å². The topological polar surface area (TPSA) is 72.7 Å². The number of hydrogen-bond acceptors (Lipinski definition) is 4. The first-order valence-corrected chi connectivity index (χ1v) is 5.86. The molecule has 0 aliphatic carbocycles. The van der Waals surface area contributed by atoms with Gasteiger partial charge >= 0.3 is 0 Å². The minimum atomic E-state index is -0.263. The third kappa shape index (κ3) is 3.18. The number of amides is 1. The van der Waals surface area contributed by atoms with E-state index in [4.69, 9.17) is 23.2 Å². The number of pyridine rings is 1. The fourth-order valence-corrected chi connectivity index (χ4v) is 1.55. The highest BCUT2D eigenvalue weighted by Gasteiger charge is 2.08. The number of hydrogen-bond donors (Lipinski definition) is 1. The van der Waals surface area contributed by atoms with E-state index in [9.17, 15) is 4.79 Å². The Balaban J connectivity index is 1.89. The summed E-state index contributed by atoms with van der Waals surface area (Å²) in [6, 6.07) is 1.47. The Bertz CT molecular complexity index is 543. The van der Waals surface area contributed by atoms with Crippen molar-refractivity contribution in [1.29, 1.82) is 0 Å². The SMILES string of the molecule is O=C(NCCn1ccnn1)c1cnc(Cl)c(Cl)c1. The van der Waals surface area contributed by atoms with Crippen LogP contribution in [0.5, 0.6) is 0 Å². The maximum Gasteiger partial charge on any atom is 0.252 e. The van der Waals surface area contributed by atoms with Gasteiger partial charge < -0.3 is 5.32 Å². The van der Waals surface area contributed by atoms with Crippen molar-refractivity contribution < 1.29 is 4.79 Å². The molecule has 0 aliphatic heterocycles. The molecule has 2 rings (SSSR count). The van der Waals surface area contributed by atoms with Crippen molar-refractivity contribution in [3.05, 3.63) is 40.4 Å². The molecule has 1 amide bonds. The highest BCUT2D eigenvalue weighted by Crippen LogP contribution is 2.19. The molecule has 2 aromatic rings. The fourth-order valence-electron chi connectivity index (χ4n) is 1.28. The molecule has 0 atom stereocenters. The van der Waals surface area contributed by atoms with Gasteiger partial charge in [0, 0.05) is 18.9 Å². The number of nitrogens with one attached hydrogen (secondary N) is 1. The van der Waals surface area contributed by atoms with Gasteiger partial charge in [0.05, 0.1) is 23.3 Å². The zero-order chi connectivity index (χ0) is 13.0. The molecule has 0 saturated heterocycles. The number of nitrogens with zero attached hydrogens (tertiary/aromatic N) is 4. The Morgan fingerprint density at radius 2 is 2.28 bits per heavy atom. The Morgan fingerprint density at radius 1 is 1.44 bits per heavy atom. The van der Waals surface area contributed by atoms with E-state index in [1.54, 1.807) is 17.1 Å². The first kappa shape index (κ1) is 12.8. The van der Waals surface area contributed by atoms with Crippen molar-refractivity contribution in [2.24, 2.45) is 0 Å². The van der Waals surface area contributed by atoms with Gasteiger partial charge in [0.1, 0.15) is 5.15 Å². The predicted molar refractivity (Wildman–Crippen MR) is 66.6 cm³/mol. The standard InChI is InChI=1S/C10H9Cl2N5O/c11-8-5-7(6-14-9(8)12)10(18)13-1-3-17-4-2-15-16-17/h2,4-6H,1,3H2,(H,13,18). The largest absolute Gasteiger partial charge is 0.350 e. The normalized spacial score (nSPS) is 10.3. The van der Waals surface area contributed by atoms with Crippen LogP contribution in [0.2, 0.25) is 10.2 Å². The number of aromatic nitrogens is 4. The summed E-state index contributed by atoms with van der Waals surface area (Å²) in [7, 11) is 0. The zero-order valence-electron chi connectivity index (χ0n) is 9.18. The molecule has 0 radical (unpaired) electrons. The second-order valence-electron chi connectivity index (χ2n) is 3.42. The lowest BCUT2D eigenvalue weighted by Gasteiger charge is -2.05. The Kier molecular flexibility index (Phi) is 4.11. The molecular weight excluding hydrogens is 277 g/mol. The van der Waals surface area contributed by atoms with E-state index in [1.165, 1.54) is 12.3 Å². The lowest BCUT2D eigenvalue weighted by atomic mass is 10.2. The van der Waals surface area contributed by atoms with E-state index >= 15 is 0 Å². The molecule has 0 fully saturated rings. The van der Waals surface area contributed by atoms with Crippen LogP contribution >= 0.6 is 23.2 Å². The van der Waals surface area contributed by atoms with Crippen LogP contribution in [0.25, 0.3) is 0 Å². The van der Waals surface area contributed by atoms with E-state index in [2.05, 4.69) is 20.6 Å². The Labute approximate surface area is 113 Å². The van der Waals surface area contributed by atoms with E-state index < -0.39 is 0 Å². The van der Waals surface area contributed by atoms with Gasteiger partial charge in [0.2, 0.25) is 0 Å². The molecule has 1 N–H and O–H groups in total. The number of halogens is 2. The fraction of sp³-hybridized carbons (Fsp3) is 0.200. The summed E-state index contributed by atoms with van der Waals surface area (Å²) in [4.78, 5) is 15.5. The maximum absolute atomic E-state index is 11.7. The van der Waals surface area contributed by atoms with Crippen LogP contribution in [0.4, 0.5) is 0 Å². The van der Waals surface area contributed by atoms with Gasteiger partial charge in [0.15, 0.2) is 0 Å². The van der Waals surface area contributed by atoms with E-state index in [0.29, 0.717) is 18.7 Å². The average molecular weight is 286 g/mol. The summed E-state index contributed by atoms with van der Waals surface area (Å²) in [6.07, 6.45) is 4.66. The highest BCUT2D eigenvalue weighted by atomic mass is 35.5. The van der Waals surface area contributed by atoms with Gasteiger partial charge in [-0.25, -0.2) is 4.98 Å². The number of rotatable bonds is 4. The molecule has 18 heavy (non-hydrogen) atoms. The molecule has 0 saturated carbocycles. The maximum atomic E-state index is 11.7. The lowest BCUT2D eigenvalue weighted by Crippen LogP contribution is -2.27. The summed E-state index contributed by atoms with van der Waals surface area (Å²) in [5.41, 5.74) is 0.364. The summed E-state index contributed by atoms with van der Waals surface area (Å²) in [5.74, 6) is -0.263. The second kappa shape index (κ2) is 5.79. The molecule has 6 nitrogen and oxygen atoms in total. The predicted octanol–water partition coefficient (Wildman–Crippen LogP) is 1.41. The monoisotopic (exact) mass is 285 g/mol.